The molecule has 0 aromatic carbocycles. The number of hydrogen-bond acceptors (Lipinski definition) is 7. The molecule has 1 N–H and O–H groups in total. The van der Waals surface area contributed by atoms with Crippen molar-refractivity contribution >= 4 is 28.2 Å². The number of amides is 1. The standard InChI is InChI=1S/C25H29N3O4S/c1-4-31-25(30)18-9-12-28(13-10-18)22(19-7-5-11-26-15-19)21-16(2)17(3)33-24(21)27-23(29)20-8-6-14-32-20/h5-8,11,14-15,18,22H,4,9-10,12-13H2,1-3H3,(H,27,29)/t22-/m0/s1. The van der Waals surface area contributed by atoms with E-state index in [4.69, 9.17) is 9.15 Å². The van der Waals surface area contributed by atoms with Gasteiger partial charge in [-0.3, -0.25) is 19.5 Å². The van der Waals surface area contributed by atoms with E-state index in [1.807, 2.05) is 19.2 Å². The zero-order valence-corrected chi connectivity index (χ0v) is 20.0. The summed E-state index contributed by atoms with van der Waals surface area (Å²) in [6.45, 7) is 7.92. The quantitative estimate of drug-likeness (QED) is 0.494. The van der Waals surface area contributed by atoms with Crippen molar-refractivity contribution in [3.05, 3.63) is 70.3 Å². The molecule has 0 spiro atoms. The second kappa shape index (κ2) is 10.3. The van der Waals surface area contributed by atoms with Crippen molar-refractivity contribution in [2.45, 2.75) is 39.7 Å². The van der Waals surface area contributed by atoms with Crippen LogP contribution < -0.4 is 5.32 Å². The molecule has 174 valence electrons. The minimum absolute atomic E-state index is 0.0702. The van der Waals surface area contributed by atoms with Crippen LogP contribution in [0.4, 0.5) is 5.00 Å². The van der Waals surface area contributed by atoms with Crippen molar-refractivity contribution in [1.29, 1.82) is 0 Å². The van der Waals surface area contributed by atoms with Crippen molar-refractivity contribution in [3.8, 4) is 0 Å². The van der Waals surface area contributed by atoms with Crippen molar-refractivity contribution in [3.63, 3.8) is 0 Å². The molecule has 33 heavy (non-hydrogen) atoms. The van der Waals surface area contributed by atoms with E-state index in [1.54, 1.807) is 29.7 Å². The Morgan fingerprint density at radius 1 is 1.27 bits per heavy atom. The number of piperidine rings is 1. The largest absolute Gasteiger partial charge is 0.466 e. The molecular formula is C25H29N3O4S. The maximum atomic E-state index is 12.8. The zero-order chi connectivity index (χ0) is 23.4. The maximum absolute atomic E-state index is 12.8. The summed E-state index contributed by atoms with van der Waals surface area (Å²) in [5.74, 6) is -0.172. The summed E-state index contributed by atoms with van der Waals surface area (Å²) in [5, 5.41) is 3.89. The molecule has 1 aliphatic rings. The number of hydrogen-bond donors (Lipinski definition) is 1. The molecule has 3 aromatic heterocycles. The molecule has 3 aromatic rings. The average Bonchev–Trinajstić information content (AvgIpc) is 3.46. The van der Waals surface area contributed by atoms with Crippen LogP contribution >= 0.6 is 11.3 Å². The summed E-state index contributed by atoms with van der Waals surface area (Å²) in [6, 6.07) is 7.27. The first-order valence-electron chi connectivity index (χ1n) is 11.2. The SMILES string of the molecule is CCOC(=O)C1CCN([C@@H](c2cccnc2)c2c(NC(=O)c3ccco3)sc(C)c2C)CC1. The fourth-order valence-corrected chi connectivity index (χ4v) is 5.48. The number of carbonyl (C=O) groups excluding carboxylic acids is 2. The second-order valence-electron chi connectivity index (χ2n) is 8.21. The van der Waals surface area contributed by atoms with E-state index in [2.05, 4.69) is 35.1 Å². The van der Waals surface area contributed by atoms with Gasteiger partial charge in [0.1, 0.15) is 5.00 Å². The fourth-order valence-electron chi connectivity index (χ4n) is 4.39. The van der Waals surface area contributed by atoms with E-state index >= 15 is 0 Å². The van der Waals surface area contributed by atoms with Gasteiger partial charge in [0.25, 0.3) is 5.91 Å². The highest BCUT2D eigenvalue weighted by atomic mass is 32.1. The van der Waals surface area contributed by atoms with Crippen molar-refractivity contribution in [2.75, 3.05) is 25.0 Å². The number of esters is 1. The first-order chi connectivity index (χ1) is 16.0. The van der Waals surface area contributed by atoms with Crippen LogP contribution in [0.25, 0.3) is 0 Å². The summed E-state index contributed by atoms with van der Waals surface area (Å²) >= 11 is 1.57. The number of pyridine rings is 1. The Balaban J connectivity index is 1.66. The van der Waals surface area contributed by atoms with Gasteiger partial charge in [-0.15, -0.1) is 11.3 Å². The Morgan fingerprint density at radius 2 is 2.06 bits per heavy atom. The number of nitrogens with one attached hydrogen (secondary N) is 1. The third-order valence-electron chi connectivity index (χ3n) is 6.19. The van der Waals surface area contributed by atoms with Gasteiger partial charge in [0.15, 0.2) is 5.76 Å². The molecule has 1 fully saturated rings. The number of likely N-dealkylation sites (tertiary alicyclic amines) is 1. The van der Waals surface area contributed by atoms with Gasteiger partial charge in [-0.05, 0) is 76.0 Å². The molecule has 8 heteroatoms. The van der Waals surface area contributed by atoms with Crippen LogP contribution in [-0.2, 0) is 9.53 Å². The van der Waals surface area contributed by atoms with Gasteiger partial charge in [0.2, 0.25) is 0 Å². The lowest BCUT2D eigenvalue weighted by Gasteiger charge is -2.37. The molecule has 0 aliphatic carbocycles. The van der Waals surface area contributed by atoms with E-state index in [0.29, 0.717) is 6.61 Å². The Bertz CT molecular complexity index is 1090. The highest BCUT2D eigenvalue weighted by molar-refractivity contribution is 7.16. The molecule has 4 rings (SSSR count). The van der Waals surface area contributed by atoms with Crippen LogP contribution in [0, 0.1) is 19.8 Å². The lowest BCUT2D eigenvalue weighted by Crippen LogP contribution is -2.40. The van der Waals surface area contributed by atoms with Crippen LogP contribution in [0.15, 0.2) is 47.3 Å². The lowest BCUT2D eigenvalue weighted by molar-refractivity contribution is -0.149. The third kappa shape index (κ3) is 5.02. The van der Waals surface area contributed by atoms with E-state index < -0.39 is 0 Å². The predicted octanol–water partition coefficient (Wildman–Crippen LogP) is 4.97. The molecule has 1 atom stereocenters. The highest BCUT2D eigenvalue weighted by Gasteiger charge is 2.34. The molecular weight excluding hydrogens is 438 g/mol. The van der Waals surface area contributed by atoms with Gasteiger partial charge < -0.3 is 14.5 Å². The smallest absolute Gasteiger partial charge is 0.309 e. The monoisotopic (exact) mass is 467 g/mol. The molecule has 0 saturated carbocycles. The van der Waals surface area contributed by atoms with Gasteiger partial charge in [0, 0.05) is 22.8 Å². The molecule has 1 saturated heterocycles. The van der Waals surface area contributed by atoms with Crippen molar-refractivity contribution < 1.29 is 18.7 Å². The summed E-state index contributed by atoms with van der Waals surface area (Å²) in [6.07, 6.45) is 6.62. The normalized spacial score (nSPS) is 15.8. The predicted molar refractivity (Wildman–Crippen MR) is 127 cm³/mol. The molecule has 1 aliphatic heterocycles. The topological polar surface area (TPSA) is 84.7 Å². The number of ether oxygens (including phenoxy) is 1. The molecule has 4 heterocycles. The Hall–Kier alpha value is -2.97. The Kier molecular flexibility index (Phi) is 7.25. The summed E-state index contributed by atoms with van der Waals surface area (Å²) < 4.78 is 10.5. The molecule has 1 amide bonds. The number of anilines is 1. The minimum Gasteiger partial charge on any atom is -0.466 e. The zero-order valence-electron chi connectivity index (χ0n) is 19.2. The number of rotatable bonds is 7. The number of carbonyl (C=O) groups is 2. The van der Waals surface area contributed by atoms with Gasteiger partial charge in [0.05, 0.1) is 24.8 Å². The maximum Gasteiger partial charge on any atom is 0.309 e. The van der Waals surface area contributed by atoms with Crippen molar-refractivity contribution in [2.24, 2.45) is 5.92 Å². The third-order valence-corrected chi connectivity index (χ3v) is 7.33. The van der Waals surface area contributed by atoms with Crippen LogP contribution in [0.1, 0.15) is 57.9 Å². The Morgan fingerprint density at radius 3 is 2.70 bits per heavy atom. The minimum atomic E-state index is -0.270. The van der Waals surface area contributed by atoms with Gasteiger partial charge in [-0.25, -0.2) is 0 Å². The number of aryl methyl sites for hydroxylation is 1. The van der Waals surface area contributed by atoms with E-state index in [1.165, 1.54) is 6.26 Å². The van der Waals surface area contributed by atoms with Gasteiger partial charge in [-0.2, -0.15) is 0 Å². The van der Waals surface area contributed by atoms with Crippen LogP contribution in [0.5, 0.6) is 0 Å². The van der Waals surface area contributed by atoms with E-state index in [0.717, 1.165) is 52.5 Å². The van der Waals surface area contributed by atoms with Crippen LogP contribution in [0.3, 0.4) is 0 Å². The number of aromatic nitrogens is 1. The molecule has 7 nitrogen and oxygen atoms in total. The second-order valence-corrected chi connectivity index (χ2v) is 9.43. The summed E-state index contributed by atoms with van der Waals surface area (Å²) in [4.78, 5) is 32.9. The first-order valence-corrected chi connectivity index (χ1v) is 12.1. The number of furan rings is 1. The molecule has 0 unspecified atom stereocenters. The fraction of sp³-hybridized carbons (Fsp3) is 0.400. The Labute approximate surface area is 197 Å². The number of nitrogens with zero attached hydrogens (tertiary/aromatic N) is 2. The average molecular weight is 468 g/mol. The van der Waals surface area contributed by atoms with Crippen LogP contribution in [0.2, 0.25) is 0 Å². The highest BCUT2D eigenvalue weighted by Crippen LogP contribution is 2.43. The molecule has 0 bridgehead atoms. The van der Waals surface area contributed by atoms with E-state index in [-0.39, 0.29) is 29.6 Å². The van der Waals surface area contributed by atoms with Crippen LogP contribution in [-0.4, -0.2) is 41.5 Å². The van der Waals surface area contributed by atoms with Gasteiger partial charge in [-0.1, -0.05) is 6.07 Å². The lowest BCUT2D eigenvalue weighted by atomic mass is 9.91. The van der Waals surface area contributed by atoms with Gasteiger partial charge >= 0.3 is 5.97 Å². The summed E-state index contributed by atoms with van der Waals surface area (Å²) in [5.41, 5.74) is 3.28. The van der Waals surface area contributed by atoms with Crippen molar-refractivity contribution in [1.82, 2.24) is 9.88 Å². The first kappa shape index (κ1) is 23.2. The number of thiophene rings is 1. The van der Waals surface area contributed by atoms with E-state index in [9.17, 15) is 9.59 Å². The molecule has 0 radical (unpaired) electrons. The summed E-state index contributed by atoms with van der Waals surface area (Å²) in [7, 11) is 0.